The van der Waals surface area contributed by atoms with Crippen LogP contribution < -0.4 is 6.15 Å². The first kappa shape index (κ1) is 12.8. The molecule has 0 bridgehead atoms. The molecule has 0 saturated heterocycles. The van der Waals surface area contributed by atoms with Crippen LogP contribution in [0, 0.1) is 0 Å². The fourth-order valence-electron chi connectivity index (χ4n) is 0.992. The number of hydrogen-bond donors (Lipinski definition) is 2. The summed E-state index contributed by atoms with van der Waals surface area (Å²) in [7, 11) is -4.03. The molecule has 0 spiro atoms. The van der Waals surface area contributed by atoms with Gasteiger partial charge in [-0.05, 0) is 18.1 Å². The monoisotopic (exact) mass is 215 g/mol. The standard InChI is InChI=1S/C9H10O3S.H3N/c1-8(7-13(10,11)12)9-5-3-2-4-6-9;/h2-7H,1H3,(H,10,11,12);1H3. The summed E-state index contributed by atoms with van der Waals surface area (Å²) >= 11 is 0. The number of benzene rings is 1. The maximum atomic E-state index is 10.5. The first-order valence-corrected chi connectivity index (χ1v) is 5.20. The van der Waals surface area contributed by atoms with Crippen LogP contribution in [-0.2, 0) is 10.1 Å². The van der Waals surface area contributed by atoms with Gasteiger partial charge in [0.05, 0.1) is 5.41 Å². The molecular weight excluding hydrogens is 202 g/mol. The van der Waals surface area contributed by atoms with Crippen molar-refractivity contribution in [2.24, 2.45) is 0 Å². The van der Waals surface area contributed by atoms with Gasteiger partial charge in [-0.15, -0.1) is 0 Å². The van der Waals surface area contributed by atoms with Gasteiger partial charge in [-0.25, -0.2) is 0 Å². The summed E-state index contributed by atoms with van der Waals surface area (Å²) in [6, 6.07) is 8.99. The second-order valence-electron chi connectivity index (χ2n) is 2.68. The Kier molecular flexibility index (Phi) is 4.49. The van der Waals surface area contributed by atoms with E-state index in [1.54, 1.807) is 31.2 Å². The summed E-state index contributed by atoms with van der Waals surface area (Å²) in [5, 5.41) is 0.836. The van der Waals surface area contributed by atoms with Crippen molar-refractivity contribution in [3.8, 4) is 0 Å². The number of hydrogen-bond acceptors (Lipinski definition) is 3. The molecule has 0 radical (unpaired) electrons. The molecule has 1 aromatic carbocycles. The fraction of sp³-hybridized carbons (Fsp3) is 0.111. The molecule has 0 aliphatic heterocycles. The maximum absolute atomic E-state index is 10.5. The molecule has 0 unspecified atom stereocenters. The lowest BCUT2D eigenvalue weighted by Gasteiger charge is -1.98. The van der Waals surface area contributed by atoms with Crippen LogP contribution >= 0.6 is 0 Å². The lowest BCUT2D eigenvalue weighted by atomic mass is 10.1. The summed E-state index contributed by atoms with van der Waals surface area (Å²) < 4.78 is 29.5. The molecule has 0 heterocycles. The molecule has 0 fully saturated rings. The molecule has 4 nitrogen and oxygen atoms in total. The Morgan fingerprint density at radius 3 is 2.21 bits per heavy atom. The molecule has 4 N–H and O–H groups in total. The highest BCUT2D eigenvalue weighted by Crippen LogP contribution is 2.13. The Hall–Kier alpha value is -1.17. The minimum Gasteiger partial charge on any atom is -0.344 e. The highest BCUT2D eigenvalue weighted by molar-refractivity contribution is 7.89. The van der Waals surface area contributed by atoms with E-state index in [1.165, 1.54) is 0 Å². The summed E-state index contributed by atoms with van der Waals surface area (Å²) in [6.45, 7) is 1.63. The summed E-state index contributed by atoms with van der Waals surface area (Å²) in [6.07, 6.45) is 0. The Morgan fingerprint density at radius 1 is 1.29 bits per heavy atom. The Balaban J connectivity index is 0.00000169. The minimum absolute atomic E-state index is 0. The highest BCUT2D eigenvalue weighted by Gasteiger charge is 2.01. The van der Waals surface area contributed by atoms with Gasteiger partial charge in [-0.2, -0.15) is 8.42 Å². The van der Waals surface area contributed by atoms with Crippen molar-refractivity contribution < 1.29 is 13.0 Å². The molecule has 0 aliphatic carbocycles. The van der Waals surface area contributed by atoms with Gasteiger partial charge in [-0.1, -0.05) is 30.3 Å². The van der Waals surface area contributed by atoms with Crippen molar-refractivity contribution >= 4 is 15.7 Å². The topological polar surface area (TPSA) is 89.4 Å². The van der Waals surface area contributed by atoms with Gasteiger partial charge in [0.15, 0.2) is 0 Å². The van der Waals surface area contributed by atoms with E-state index in [0.717, 1.165) is 11.0 Å². The van der Waals surface area contributed by atoms with Crippen molar-refractivity contribution in [3.05, 3.63) is 41.3 Å². The van der Waals surface area contributed by atoms with Gasteiger partial charge in [-0.3, -0.25) is 4.55 Å². The molecule has 1 rings (SSSR count). The van der Waals surface area contributed by atoms with E-state index in [1.807, 2.05) is 6.07 Å². The Bertz CT molecular complexity index is 409. The molecule has 14 heavy (non-hydrogen) atoms. The van der Waals surface area contributed by atoms with Gasteiger partial charge in [0.2, 0.25) is 0 Å². The van der Waals surface area contributed by atoms with Crippen LogP contribution in [-0.4, -0.2) is 13.0 Å². The molecule has 0 aliphatic rings. The fourth-order valence-corrected chi connectivity index (χ4v) is 1.58. The summed E-state index contributed by atoms with van der Waals surface area (Å²) in [4.78, 5) is 0. The molecule has 0 atom stereocenters. The zero-order valence-corrected chi connectivity index (χ0v) is 8.66. The van der Waals surface area contributed by atoms with Crippen LogP contribution in [0.5, 0.6) is 0 Å². The van der Waals surface area contributed by atoms with E-state index in [2.05, 4.69) is 0 Å². The van der Waals surface area contributed by atoms with Crippen LogP contribution in [0.3, 0.4) is 0 Å². The van der Waals surface area contributed by atoms with Gasteiger partial charge in [0, 0.05) is 0 Å². The Morgan fingerprint density at radius 2 is 1.79 bits per heavy atom. The smallest absolute Gasteiger partial charge is 0.287 e. The first-order chi connectivity index (χ1) is 5.99. The summed E-state index contributed by atoms with van der Waals surface area (Å²) in [5.74, 6) is 0. The van der Waals surface area contributed by atoms with Crippen LogP contribution in [0.25, 0.3) is 5.57 Å². The average molecular weight is 215 g/mol. The van der Waals surface area contributed by atoms with Gasteiger partial charge in [0.25, 0.3) is 10.1 Å². The largest absolute Gasteiger partial charge is 0.344 e. The molecular formula is C9H13NO3S. The minimum atomic E-state index is -4.03. The molecule has 5 heteroatoms. The summed E-state index contributed by atoms with van der Waals surface area (Å²) in [5.41, 5.74) is 1.29. The van der Waals surface area contributed by atoms with E-state index in [4.69, 9.17) is 4.55 Å². The maximum Gasteiger partial charge on any atom is 0.287 e. The van der Waals surface area contributed by atoms with E-state index < -0.39 is 10.1 Å². The van der Waals surface area contributed by atoms with Crippen LogP contribution in [0.1, 0.15) is 12.5 Å². The third-order valence-corrected chi connectivity index (χ3v) is 2.21. The van der Waals surface area contributed by atoms with Crippen molar-refractivity contribution in [1.29, 1.82) is 0 Å². The van der Waals surface area contributed by atoms with Crippen molar-refractivity contribution in [2.45, 2.75) is 6.92 Å². The van der Waals surface area contributed by atoms with Crippen molar-refractivity contribution in [1.82, 2.24) is 6.15 Å². The van der Waals surface area contributed by atoms with Crippen LogP contribution in [0.15, 0.2) is 35.7 Å². The predicted molar refractivity (Wildman–Crippen MR) is 56.7 cm³/mol. The average Bonchev–Trinajstić information content (AvgIpc) is 2.03. The zero-order valence-electron chi connectivity index (χ0n) is 7.84. The quantitative estimate of drug-likeness (QED) is 0.739. The molecule has 0 saturated carbocycles. The Labute approximate surface area is 83.6 Å². The third-order valence-electron chi connectivity index (χ3n) is 1.55. The first-order valence-electron chi connectivity index (χ1n) is 3.70. The lowest BCUT2D eigenvalue weighted by Crippen LogP contribution is -1.91. The molecule has 0 aromatic heterocycles. The second kappa shape index (κ2) is 4.90. The van der Waals surface area contributed by atoms with Crippen molar-refractivity contribution in [3.63, 3.8) is 0 Å². The molecule has 0 amide bonds. The SMILES string of the molecule is CC(=CS(=O)(=O)O)c1ccccc1.N. The van der Waals surface area contributed by atoms with Gasteiger partial charge < -0.3 is 6.15 Å². The molecule has 1 aromatic rings. The molecule has 78 valence electrons. The van der Waals surface area contributed by atoms with Gasteiger partial charge in [0.1, 0.15) is 0 Å². The van der Waals surface area contributed by atoms with E-state index in [0.29, 0.717) is 5.57 Å². The van der Waals surface area contributed by atoms with Crippen molar-refractivity contribution in [2.75, 3.05) is 0 Å². The number of rotatable bonds is 2. The number of allylic oxidation sites excluding steroid dienone is 1. The second-order valence-corrected chi connectivity index (χ2v) is 3.95. The van der Waals surface area contributed by atoms with E-state index >= 15 is 0 Å². The third kappa shape index (κ3) is 4.18. The predicted octanol–water partition coefficient (Wildman–Crippen LogP) is 2.10. The van der Waals surface area contributed by atoms with Gasteiger partial charge >= 0.3 is 0 Å². The van der Waals surface area contributed by atoms with Crippen LogP contribution in [0.2, 0.25) is 0 Å². The normalized spacial score (nSPS) is 12.0. The highest BCUT2D eigenvalue weighted by atomic mass is 32.2. The van der Waals surface area contributed by atoms with E-state index in [9.17, 15) is 8.42 Å². The zero-order chi connectivity index (χ0) is 9.90. The van der Waals surface area contributed by atoms with Crippen LogP contribution in [0.4, 0.5) is 0 Å². The van der Waals surface area contributed by atoms with E-state index in [-0.39, 0.29) is 6.15 Å². The lowest BCUT2D eigenvalue weighted by molar-refractivity contribution is 0.494.